The van der Waals surface area contributed by atoms with Gasteiger partial charge in [-0.05, 0) is 38.9 Å². The molecule has 0 saturated carbocycles. The topological polar surface area (TPSA) is 32.7 Å². The summed E-state index contributed by atoms with van der Waals surface area (Å²) in [6.45, 7) is 7.76. The first-order chi connectivity index (χ1) is 8.06. The molecule has 17 heavy (non-hydrogen) atoms. The molecule has 0 aliphatic carbocycles. The quantitative estimate of drug-likeness (QED) is 0.821. The highest BCUT2D eigenvalue weighted by molar-refractivity contribution is 5.39. The lowest BCUT2D eigenvalue weighted by Gasteiger charge is -2.23. The van der Waals surface area contributed by atoms with Crippen LogP contribution in [0.25, 0.3) is 0 Å². The van der Waals surface area contributed by atoms with Crippen molar-refractivity contribution in [1.29, 1.82) is 0 Å². The van der Waals surface area contributed by atoms with Crippen molar-refractivity contribution in [3.8, 4) is 5.75 Å². The number of aryl methyl sites for hydroxylation is 2. The van der Waals surface area contributed by atoms with Crippen molar-refractivity contribution >= 4 is 0 Å². The summed E-state index contributed by atoms with van der Waals surface area (Å²) in [4.78, 5) is 2.09. The molecule has 1 unspecified atom stereocenters. The Kier molecular flexibility index (Phi) is 5.45. The van der Waals surface area contributed by atoms with Crippen molar-refractivity contribution in [1.82, 2.24) is 4.90 Å². The molecular weight excluding hydrogens is 214 g/mol. The Balaban J connectivity index is 2.46. The number of ether oxygens (including phenoxy) is 1. The second-order valence-corrected chi connectivity index (χ2v) is 4.58. The lowest BCUT2D eigenvalue weighted by molar-refractivity contribution is 0.139. The molecule has 0 aliphatic heterocycles. The van der Waals surface area contributed by atoms with E-state index in [4.69, 9.17) is 9.84 Å². The van der Waals surface area contributed by atoms with Crippen molar-refractivity contribution in [2.45, 2.75) is 26.8 Å². The van der Waals surface area contributed by atoms with Gasteiger partial charge in [0.25, 0.3) is 0 Å². The summed E-state index contributed by atoms with van der Waals surface area (Å²) in [7, 11) is 1.99. The van der Waals surface area contributed by atoms with Gasteiger partial charge in [-0.15, -0.1) is 0 Å². The van der Waals surface area contributed by atoms with Crippen molar-refractivity contribution in [3.63, 3.8) is 0 Å². The van der Waals surface area contributed by atoms with Gasteiger partial charge in [0.15, 0.2) is 0 Å². The fraction of sp³-hybridized carbons (Fsp3) is 0.571. The van der Waals surface area contributed by atoms with Gasteiger partial charge in [0.2, 0.25) is 0 Å². The molecule has 1 atom stereocenters. The van der Waals surface area contributed by atoms with E-state index in [1.165, 1.54) is 11.1 Å². The summed E-state index contributed by atoms with van der Waals surface area (Å²) in [5.74, 6) is 0.984. The van der Waals surface area contributed by atoms with Crippen LogP contribution in [0, 0.1) is 13.8 Å². The fourth-order valence-corrected chi connectivity index (χ4v) is 1.68. The van der Waals surface area contributed by atoms with Crippen molar-refractivity contribution in [2.75, 3.05) is 26.8 Å². The molecule has 0 saturated heterocycles. The first kappa shape index (κ1) is 14.0. The van der Waals surface area contributed by atoms with Crippen LogP contribution in [-0.2, 0) is 0 Å². The van der Waals surface area contributed by atoms with Gasteiger partial charge in [0, 0.05) is 12.6 Å². The van der Waals surface area contributed by atoms with E-state index in [9.17, 15) is 0 Å². The molecule has 0 aromatic heterocycles. The third-order valence-electron chi connectivity index (χ3n) is 3.12. The van der Waals surface area contributed by atoms with Crippen LogP contribution in [-0.4, -0.2) is 42.9 Å². The van der Waals surface area contributed by atoms with E-state index in [1.807, 2.05) is 20.0 Å². The summed E-state index contributed by atoms with van der Waals surface area (Å²) in [6, 6.07) is 6.33. The van der Waals surface area contributed by atoms with E-state index >= 15 is 0 Å². The Bertz CT molecular complexity index is 332. The molecule has 1 aromatic rings. The predicted molar refractivity (Wildman–Crippen MR) is 70.6 cm³/mol. The highest BCUT2D eigenvalue weighted by Crippen LogP contribution is 2.22. The fourth-order valence-electron chi connectivity index (χ4n) is 1.68. The highest BCUT2D eigenvalue weighted by Gasteiger charge is 2.08. The van der Waals surface area contributed by atoms with E-state index in [1.54, 1.807) is 0 Å². The van der Waals surface area contributed by atoms with Crippen molar-refractivity contribution in [2.24, 2.45) is 0 Å². The molecule has 3 nitrogen and oxygen atoms in total. The Morgan fingerprint density at radius 2 is 1.88 bits per heavy atom. The lowest BCUT2D eigenvalue weighted by Crippen LogP contribution is -2.35. The lowest BCUT2D eigenvalue weighted by atomic mass is 10.1. The molecule has 0 heterocycles. The van der Waals surface area contributed by atoms with Gasteiger partial charge in [-0.1, -0.05) is 18.2 Å². The SMILES string of the molecule is Cc1cccc(C)c1OCCN(C)C(C)CO. The van der Waals surface area contributed by atoms with Gasteiger partial charge >= 0.3 is 0 Å². The second-order valence-electron chi connectivity index (χ2n) is 4.58. The molecule has 0 spiro atoms. The van der Waals surface area contributed by atoms with Crippen LogP contribution in [0.4, 0.5) is 0 Å². The van der Waals surface area contributed by atoms with Gasteiger partial charge in [0.05, 0.1) is 6.61 Å². The van der Waals surface area contributed by atoms with Crippen LogP contribution in [0.15, 0.2) is 18.2 Å². The Morgan fingerprint density at radius 3 is 2.41 bits per heavy atom. The van der Waals surface area contributed by atoms with E-state index in [2.05, 4.69) is 30.9 Å². The van der Waals surface area contributed by atoms with Crippen LogP contribution in [0.1, 0.15) is 18.1 Å². The first-order valence-corrected chi connectivity index (χ1v) is 6.06. The number of likely N-dealkylation sites (N-methyl/N-ethyl adjacent to an activating group) is 1. The minimum atomic E-state index is 0.177. The van der Waals surface area contributed by atoms with Crippen molar-refractivity contribution in [3.05, 3.63) is 29.3 Å². The van der Waals surface area contributed by atoms with Gasteiger partial charge in [-0.2, -0.15) is 0 Å². The molecule has 0 amide bonds. The largest absolute Gasteiger partial charge is 0.492 e. The van der Waals surface area contributed by atoms with Crippen molar-refractivity contribution < 1.29 is 9.84 Å². The maximum absolute atomic E-state index is 9.03. The minimum Gasteiger partial charge on any atom is -0.492 e. The summed E-state index contributed by atoms with van der Waals surface area (Å²) in [5, 5.41) is 9.03. The van der Waals surface area contributed by atoms with Crippen LogP contribution in [0.3, 0.4) is 0 Å². The van der Waals surface area contributed by atoms with E-state index < -0.39 is 0 Å². The summed E-state index contributed by atoms with van der Waals surface area (Å²) in [6.07, 6.45) is 0. The zero-order valence-corrected chi connectivity index (χ0v) is 11.2. The van der Waals surface area contributed by atoms with E-state index in [0.29, 0.717) is 6.61 Å². The molecule has 96 valence electrons. The number of benzene rings is 1. The number of nitrogens with zero attached hydrogens (tertiary/aromatic N) is 1. The molecule has 0 bridgehead atoms. The minimum absolute atomic E-state index is 0.177. The van der Waals surface area contributed by atoms with Crippen LogP contribution >= 0.6 is 0 Å². The molecule has 0 radical (unpaired) electrons. The number of rotatable bonds is 6. The number of hydrogen-bond donors (Lipinski definition) is 1. The average molecular weight is 237 g/mol. The van der Waals surface area contributed by atoms with Crippen LogP contribution < -0.4 is 4.74 Å². The monoisotopic (exact) mass is 237 g/mol. The first-order valence-electron chi connectivity index (χ1n) is 6.06. The number of aliphatic hydroxyl groups is 1. The predicted octanol–water partition coefficient (Wildman–Crippen LogP) is 1.99. The average Bonchev–Trinajstić information content (AvgIpc) is 2.31. The zero-order chi connectivity index (χ0) is 12.8. The maximum atomic E-state index is 9.03. The molecular formula is C14H23NO2. The summed E-state index contributed by atoms with van der Waals surface area (Å²) < 4.78 is 5.81. The molecule has 1 N–H and O–H groups in total. The normalized spacial score (nSPS) is 12.8. The summed E-state index contributed by atoms with van der Waals surface area (Å²) >= 11 is 0. The van der Waals surface area contributed by atoms with Crippen LogP contribution in [0.2, 0.25) is 0 Å². The van der Waals surface area contributed by atoms with E-state index in [-0.39, 0.29) is 12.6 Å². The summed E-state index contributed by atoms with van der Waals surface area (Å²) in [5.41, 5.74) is 2.34. The third kappa shape index (κ3) is 4.02. The third-order valence-corrected chi connectivity index (χ3v) is 3.12. The zero-order valence-electron chi connectivity index (χ0n) is 11.2. The number of hydrogen-bond acceptors (Lipinski definition) is 3. The second kappa shape index (κ2) is 6.62. The molecule has 0 fully saturated rings. The molecule has 3 heteroatoms. The number of aliphatic hydroxyl groups excluding tert-OH is 1. The molecule has 1 rings (SSSR count). The van der Waals surface area contributed by atoms with E-state index in [0.717, 1.165) is 12.3 Å². The molecule has 1 aromatic carbocycles. The van der Waals surface area contributed by atoms with Gasteiger partial charge in [-0.3, -0.25) is 4.90 Å². The maximum Gasteiger partial charge on any atom is 0.125 e. The highest BCUT2D eigenvalue weighted by atomic mass is 16.5. The standard InChI is InChI=1S/C14H23NO2/c1-11-6-5-7-12(2)14(11)17-9-8-15(4)13(3)10-16/h5-7,13,16H,8-10H2,1-4H3. The van der Waals surface area contributed by atoms with Crippen LogP contribution in [0.5, 0.6) is 5.75 Å². The van der Waals surface area contributed by atoms with Gasteiger partial charge < -0.3 is 9.84 Å². The Morgan fingerprint density at radius 1 is 1.29 bits per heavy atom. The Labute approximate surface area is 104 Å². The van der Waals surface area contributed by atoms with Gasteiger partial charge in [-0.25, -0.2) is 0 Å². The smallest absolute Gasteiger partial charge is 0.125 e. The number of para-hydroxylation sites is 1. The molecule has 0 aliphatic rings. The Hall–Kier alpha value is -1.06. The van der Waals surface area contributed by atoms with Gasteiger partial charge in [0.1, 0.15) is 12.4 Å².